The molecule has 1 aromatic heterocycles. The minimum atomic E-state index is 0.570. The number of thiocarbonyl (C=S) groups is 1. The summed E-state index contributed by atoms with van der Waals surface area (Å²) in [6, 6.07) is 9.82. The third-order valence-corrected chi connectivity index (χ3v) is 2.85. The molecule has 20 heavy (non-hydrogen) atoms. The van der Waals surface area contributed by atoms with E-state index in [1.54, 1.807) is 12.3 Å². The van der Waals surface area contributed by atoms with E-state index in [-0.39, 0.29) is 0 Å². The third-order valence-electron chi connectivity index (χ3n) is 2.60. The van der Waals surface area contributed by atoms with Crippen LogP contribution in [0.1, 0.15) is 5.82 Å². The van der Waals surface area contributed by atoms with E-state index in [2.05, 4.69) is 27.2 Å². The van der Waals surface area contributed by atoms with Crippen LogP contribution in [0.4, 0.5) is 5.69 Å². The fraction of sp³-hybridized carbons (Fsp3) is 0.133. The van der Waals surface area contributed by atoms with Gasteiger partial charge in [-0.3, -0.25) is 0 Å². The van der Waals surface area contributed by atoms with Gasteiger partial charge in [0.2, 0.25) is 0 Å². The Bertz CT molecular complexity index is 625. The molecule has 5 heteroatoms. The minimum Gasteiger partial charge on any atom is -0.359 e. The smallest absolute Gasteiger partial charge is 0.171 e. The molecule has 102 valence electrons. The Balaban J connectivity index is 2.16. The predicted octanol–water partition coefficient (Wildman–Crippen LogP) is 2.92. The number of aryl methyl sites for hydroxylation is 1. The van der Waals surface area contributed by atoms with Crippen LogP contribution in [-0.2, 0) is 0 Å². The molecule has 0 amide bonds. The Labute approximate surface area is 124 Å². The molecule has 0 unspecified atom stereocenters. The Morgan fingerprint density at radius 1 is 1.40 bits per heavy atom. The van der Waals surface area contributed by atoms with Gasteiger partial charge in [-0.25, -0.2) is 9.97 Å². The summed E-state index contributed by atoms with van der Waals surface area (Å²) in [7, 11) is 0. The van der Waals surface area contributed by atoms with Crippen LogP contribution >= 0.6 is 12.2 Å². The summed E-state index contributed by atoms with van der Waals surface area (Å²) in [5.41, 5.74) is 2.83. The molecule has 0 fully saturated rings. The largest absolute Gasteiger partial charge is 0.359 e. The van der Waals surface area contributed by atoms with Crippen LogP contribution in [0, 0.1) is 6.92 Å². The summed E-state index contributed by atoms with van der Waals surface area (Å²) in [4.78, 5) is 8.52. The van der Waals surface area contributed by atoms with E-state index in [4.69, 9.17) is 12.2 Å². The zero-order valence-electron chi connectivity index (χ0n) is 11.3. The fourth-order valence-corrected chi connectivity index (χ4v) is 1.91. The number of hydrogen-bond donors (Lipinski definition) is 2. The summed E-state index contributed by atoms with van der Waals surface area (Å²) >= 11 is 5.19. The van der Waals surface area contributed by atoms with Gasteiger partial charge < -0.3 is 10.6 Å². The van der Waals surface area contributed by atoms with Crippen LogP contribution in [0.5, 0.6) is 0 Å². The SMILES string of the molecule is C=CCNC(=S)Nc1cccc(-c2ccnc(C)n2)c1. The van der Waals surface area contributed by atoms with E-state index in [9.17, 15) is 0 Å². The molecule has 0 aliphatic carbocycles. The zero-order valence-corrected chi connectivity index (χ0v) is 12.1. The Kier molecular flexibility index (Phi) is 4.79. The van der Waals surface area contributed by atoms with Gasteiger partial charge in [0.15, 0.2) is 5.11 Å². The van der Waals surface area contributed by atoms with Gasteiger partial charge in [0.05, 0.1) is 5.69 Å². The maximum Gasteiger partial charge on any atom is 0.171 e. The van der Waals surface area contributed by atoms with Gasteiger partial charge in [0, 0.05) is 24.0 Å². The van der Waals surface area contributed by atoms with E-state index in [1.807, 2.05) is 37.3 Å². The van der Waals surface area contributed by atoms with Crippen LogP contribution in [0.15, 0.2) is 49.2 Å². The van der Waals surface area contributed by atoms with Crippen molar-refractivity contribution in [2.24, 2.45) is 0 Å². The van der Waals surface area contributed by atoms with E-state index >= 15 is 0 Å². The highest BCUT2D eigenvalue weighted by molar-refractivity contribution is 7.80. The van der Waals surface area contributed by atoms with Crippen LogP contribution in [-0.4, -0.2) is 21.6 Å². The second kappa shape index (κ2) is 6.77. The first kappa shape index (κ1) is 14.1. The number of anilines is 1. The minimum absolute atomic E-state index is 0.570. The molecule has 2 rings (SSSR count). The highest BCUT2D eigenvalue weighted by Crippen LogP contribution is 2.20. The van der Waals surface area contributed by atoms with Crippen molar-refractivity contribution in [1.29, 1.82) is 0 Å². The van der Waals surface area contributed by atoms with Crippen molar-refractivity contribution in [3.8, 4) is 11.3 Å². The molecule has 1 aromatic carbocycles. The highest BCUT2D eigenvalue weighted by atomic mass is 32.1. The van der Waals surface area contributed by atoms with Crippen molar-refractivity contribution in [3.05, 3.63) is 55.0 Å². The molecule has 2 N–H and O–H groups in total. The van der Waals surface area contributed by atoms with Crippen molar-refractivity contribution in [3.63, 3.8) is 0 Å². The van der Waals surface area contributed by atoms with Gasteiger partial charge in [0.1, 0.15) is 5.82 Å². The topological polar surface area (TPSA) is 49.8 Å². The molecule has 4 nitrogen and oxygen atoms in total. The second-order valence-corrected chi connectivity index (χ2v) is 4.60. The maximum absolute atomic E-state index is 5.19. The number of nitrogens with zero attached hydrogens (tertiary/aromatic N) is 2. The van der Waals surface area contributed by atoms with Crippen LogP contribution in [0.25, 0.3) is 11.3 Å². The molecule has 0 saturated carbocycles. The third kappa shape index (κ3) is 3.86. The average molecular weight is 284 g/mol. The summed E-state index contributed by atoms with van der Waals surface area (Å²) in [6.07, 6.45) is 3.52. The molecular weight excluding hydrogens is 268 g/mol. The maximum atomic E-state index is 5.19. The molecule has 0 bridgehead atoms. The monoisotopic (exact) mass is 284 g/mol. The first-order valence-corrected chi connectivity index (χ1v) is 6.65. The van der Waals surface area contributed by atoms with Crippen molar-refractivity contribution in [2.45, 2.75) is 6.92 Å². The fourth-order valence-electron chi connectivity index (χ4n) is 1.71. The summed E-state index contributed by atoms with van der Waals surface area (Å²) in [5.74, 6) is 0.754. The van der Waals surface area contributed by atoms with E-state index in [0.717, 1.165) is 22.8 Å². The van der Waals surface area contributed by atoms with E-state index in [0.29, 0.717) is 11.7 Å². The van der Waals surface area contributed by atoms with E-state index in [1.165, 1.54) is 0 Å². The van der Waals surface area contributed by atoms with Crippen molar-refractivity contribution >= 4 is 23.0 Å². The zero-order chi connectivity index (χ0) is 14.4. The molecular formula is C15H16N4S. The second-order valence-electron chi connectivity index (χ2n) is 4.19. The first-order valence-electron chi connectivity index (χ1n) is 6.25. The highest BCUT2D eigenvalue weighted by Gasteiger charge is 2.02. The van der Waals surface area contributed by atoms with Crippen LogP contribution < -0.4 is 10.6 Å². The lowest BCUT2D eigenvalue weighted by molar-refractivity contribution is 1.06. The first-order chi connectivity index (χ1) is 9.69. The standard InChI is InChI=1S/C15H16N4S/c1-3-8-17-15(20)19-13-6-4-5-12(10-13)14-7-9-16-11(2)18-14/h3-7,9-10H,1,8H2,2H3,(H2,17,19,20). The van der Waals surface area contributed by atoms with Gasteiger partial charge in [-0.05, 0) is 37.3 Å². The molecule has 0 spiro atoms. The van der Waals surface area contributed by atoms with Gasteiger partial charge >= 0.3 is 0 Å². The molecule has 0 radical (unpaired) electrons. The van der Waals surface area contributed by atoms with Gasteiger partial charge in [-0.15, -0.1) is 6.58 Å². The average Bonchev–Trinajstić information content (AvgIpc) is 2.45. The molecule has 0 atom stereocenters. The Morgan fingerprint density at radius 3 is 3.00 bits per heavy atom. The van der Waals surface area contributed by atoms with Gasteiger partial charge in [0.25, 0.3) is 0 Å². The Morgan fingerprint density at radius 2 is 2.25 bits per heavy atom. The summed E-state index contributed by atoms with van der Waals surface area (Å²) in [6.45, 7) is 6.15. The van der Waals surface area contributed by atoms with Crippen molar-refractivity contribution in [2.75, 3.05) is 11.9 Å². The number of rotatable bonds is 4. The van der Waals surface area contributed by atoms with Gasteiger partial charge in [-0.1, -0.05) is 18.2 Å². The lowest BCUT2D eigenvalue weighted by Gasteiger charge is -2.10. The van der Waals surface area contributed by atoms with Crippen molar-refractivity contribution in [1.82, 2.24) is 15.3 Å². The van der Waals surface area contributed by atoms with Gasteiger partial charge in [-0.2, -0.15) is 0 Å². The van der Waals surface area contributed by atoms with Crippen molar-refractivity contribution < 1.29 is 0 Å². The Hall–Kier alpha value is -2.27. The normalized spacial score (nSPS) is 9.85. The van der Waals surface area contributed by atoms with E-state index < -0.39 is 0 Å². The number of benzene rings is 1. The number of nitrogens with one attached hydrogen (secondary N) is 2. The lowest BCUT2D eigenvalue weighted by Crippen LogP contribution is -2.28. The van der Waals surface area contributed by atoms with Crippen LogP contribution in [0.3, 0.4) is 0 Å². The summed E-state index contributed by atoms with van der Waals surface area (Å²) < 4.78 is 0. The summed E-state index contributed by atoms with van der Waals surface area (Å²) in [5, 5.41) is 6.73. The quantitative estimate of drug-likeness (QED) is 0.668. The molecule has 0 aliphatic rings. The van der Waals surface area contributed by atoms with Crippen LogP contribution in [0.2, 0.25) is 0 Å². The molecule has 2 aromatic rings. The number of hydrogen-bond acceptors (Lipinski definition) is 3. The molecule has 0 saturated heterocycles. The number of aromatic nitrogens is 2. The molecule has 0 aliphatic heterocycles. The predicted molar refractivity (Wildman–Crippen MR) is 86.6 cm³/mol. The molecule has 1 heterocycles. The lowest BCUT2D eigenvalue weighted by atomic mass is 10.1.